The molecule has 0 aliphatic heterocycles. The summed E-state index contributed by atoms with van der Waals surface area (Å²) in [6, 6.07) is 16.9. The van der Waals surface area contributed by atoms with Gasteiger partial charge >= 0.3 is 5.97 Å². The number of rotatable bonds is 5. The molecule has 6 heteroatoms. The Morgan fingerprint density at radius 2 is 1.91 bits per heavy atom. The number of hydrogen-bond acceptors (Lipinski definition) is 3. The van der Waals surface area contributed by atoms with E-state index in [-0.39, 0.29) is 11.7 Å². The van der Waals surface area contributed by atoms with Crippen LogP contribution in [-0.2, 0) is 4.79 Å². The van der Waals surface area contributed by atoms with Gasteiger partial charge in [0, 0.05) is 11.6 Å². The number of carboxylic acid groups (broad SMARTS) is 1. The van der Waals surface area contributed by atoms with Crippen LogP contribution >= 0.6 is 0 Å². The molecule has 0 aliphatic rings. The molecule has 5 nitrogen and oxygen atoms in total. The first kappa shape index (κ1) is 14.8. The Balaban J connectivity index is 2.07. The Labute approximate surface area is 131 Å². The van der Waals surface area contributed by atoms with E-state index in [1.807, 2.05) is 30.3 Å². The molecule has 0 saturated heterocycles. The molecule has 3 rings (SSSR count). The number of ether oxygens (including phenoxy) is 1. The molecule has 2 aromatic carbocycles. The summed E-state index contributed by atoms with van der Waals surface area (Å²) in [5.41, 5.74) is 1.99. The molecule has 3 aromatic rings. The van der Waals surface area contributed by atoms with Gasteiger partial charge in [0.2, 0.25) is 5.88 Å². The van der Waals surface area contributed by atoms with Crippen LogP contribution in [0.1, 0.15) is 0 Å². The molecule has 0 saturated carbocycles. The van der Waals surface area contributed by atoms with E-state index in [1.54, 1.807) is 22.9 Å². The molecule has 0 bridgehead atoms. The zero-order valence-electron chi connectivity index (χ0n) is 12.0. The number of carbonyl (C=O) groups is 1. The predicted octanol–water partition coefficient (Wildman–Crippen LogP) is 3.14. The Morgan fingerprint density at radius 3 is 2.61 bits per heavy atom. The maximum Gasteiger partial charge on any atom is 0.341 e. The van der Waals surface area contributed by atoms with Gasteiger partial charge in [0.1, 0.15) is 5.82 Å². The molecule has 0 atom stereocenters. The Kier molecular flexibility index (Phi) is 4.05. The third kappa shape index (κ3) is 3.37. The first-order valence-electron chi connectivity index (χ1n) is 6.89. The fraction of sp³-hybridized carbons (Fsp3) is 0.0588. The first-order valence-corrected chi connectivity index (χ1v) is 6.89. The number of para-hydroxylation sites is 1. The normalized spacial score (nSPS) is 10.5. The Morgan fingerprint density at radius 1 is 1.13 bits per heavy atom. The first-order chi connectivity index (χ1) is 11.1. The summed E-state index contributed by atoms with van der Waals surface area (Å²) >= 11 is 0. The molecule has 23 heavy (non-hydrogen) atoms. The number of aliphatic carboxylic acids is 1. The molecule has 116 valence electrons. The van der Waals surface area contributed by atoms with E-state index in [1.165, 1.54) is 12.1 Å². The lowest BCUT2D eigenvalue weighted by molar-refractivity contribution is -0.139. The standard InChI is InChI=1S/C17H13FN2O3/c18-13-6-4-5-12(9-13)15-10-16(23-11-17(21)22)19-20(15)14-7-2-1-3-8-14/h1-10H,11H2,(H,21,22). The van der Waals surface area contributed by atoms with E-state index in [2.05, 4.69) is 5.10 Å². The average molecular weight is 312 g/mol. The van der Waals surface area contributed by atoms with Crippen LogP contribution in [0.3, 0.4) is 0 Å². The molecule has 1 heterocycles. The fourth-order valence-corrected chi connectivity index (χ4v) is 2.19. The van der Waals surface area contributed by atoms with Crippen LogP contribution in [-0.4, -0.2) is 27.5 Å². The van der Waals surface area contributed by atoms with Crippen molar-refractivity contribution >= 4 is 5.97 Å². The maximum absolute atomic E-state index is 13.5. The van der Waals surface area contributed by atoms with E-state index < -0.39 is 12.6 Å². The van der Waals surface area contributed by atoms with Crippen LogP contribution in [0.15, 0.2) is 60.7 Å². The van der Waals surface area contributed by atoms with Crippen molar-refractivity contribution in [3.63, 3.8) is 0 Å². The van der Waals surface area contributed by atoms with Crippen molar-refractivity contribution in [1.29, 1.82) is 0 Å². The molecule has 1 aromatic heterocycles. The minimum atomic E-state index is -1.09. The predicted molar refractivity (Wildman–Crippen MR) is 82.1 cm³/mol. The largest absolute Gasteiger partial charge is 0.479 e. The van der Waals surface area contributed by atoms with Gasteiger partial charge in [-0.25, -0.2) is 13.9 Å². The summed E-state index contributed by atoms with van der Waals surface area (Å²) in [6.07, 6.45) is 0. The maximum atomic E-state index is 13.5. The zero-order valence-corrected chi connectivity index (χ0v) is 12.0. The minimum absolute atomic E-state index is 0.163. The van der Waals surface area contributed by atoms with Gasteiger partial charge in [0.05, 0.1) is 11.4 Å². The number of nitrogens with zero attached hydrogens (tertiary/aromatic N) is 2. The van der Waals surface area contributed by atoms with Crippen molar-refractivity contribution in [3.8, 4) is 22.8 Å². The molecule has 0 fully saturated rings. The van der Waals surface area contributed by atoms with Crippen LogP contribution in [0, 0.1) is 5.82 Å². The molecular formula is C17H13FN2O3. The van der Waals surface area contributed by atoms with Crippen LogP contribution < -0.4 is 4.74 Å². The van der Waals surface area contributed by atoms with Crippen LogP contribution in [0.5, 0.6) is 5.88 Å². The third-order valence-electron chi connectivity index (χ3n) is 3.15. The lowest BCUT2D eigenvalue weighted by Crippen LogP contribution is -2.09. The van der Waals surface area contributed by atoms with Crippen molar-refractivity contribution in [2.75, 3.05) is 6.61 Å². The number of halogens is 1. The molecular weight excluding hydrogens is 299 g/mol. The van der Waals surface area contributed by atoms with Gasteiger partial charge in [-0.2, -0.15) is 0 Å². The topological polar surface area (TPSA) is 64.3 Å². The highest BCUT2D eigenvalue weighted by molar-refractivity contribution is 5.68. The molecule has 0 unspecified atom stereocenters. The second-order valence-electron chi connectivity index (χ2n) is 4.81. The number of benzene rings is 2. The summed E-state index contributed by atoms with van der Waals surface area (Å²) in [6.45, 7) is -0.492. The molecule has 0 aliphatic carbocycles. The summed E-state index contributed by atoms with van der Waals surface area (Å²) in [5, 5.41) is 13.0. The minimum Gasteiger partial charge on any atom is -0.479 e. The van der Waals surface area contributed by atoms with Gasteiger partial charge in [0.25, 0.3) is 0 Å². The highest BCUT2D eigenvalue weighted by Gasteiger charge is 2.14. The van der Waals surface area contributed by atoms with Gasteiger partial charge < -0.3 is 9.84 Å². The van der Waals surface area contributed by atoms with Crippen molar-refractivity contribution in [2.45, 2.75) is 0 Å². The Bertz CT molecular complexity index is 831. The summed E-state index contributed by atoms with van der Waals surface area (Å²) < 4.78 is 20.2. The van der Waals surface area contributed by atoms with Gasteiger partial charge in [-0.3, -0.25) is 0 Å². The molecule has 0 amide bonds. The number of aromatic nitrogens is 2. The van der Waals surface area contributed by atoms with Crippen LogP contribution in [0.2, 0.25) is 0 Å². The smallest absolute Gasteiger partial charge is 0.341 e. The fourth-order valence-electron chi connectivity index (χ4n) is 2.19. The average Bonchev–Trinajstić information content (AvgIpc) is 2.98. The zero-order chi connectivity index (χ0) is 16.2. The van der Waals surface area contributed by atoms with Gasteiger partial charge in [-0.1, -0.05) is 30.3 Å². The SMILES string of the molecule is O=C(O)COc1cc(-c2cccc(F)c2)n(-c2ccccc2)n1. The Hall–Kier alpha value is -3.15. The van der Waals surface area contributed by atoms with E-state index in [0.717, 1.165) is 5.69 Å². The van der Waals surface area contributed by atoms with Crippen molar-refractivity contribution in [1.82, 2.24) is 9.78 Å². The van der Waals surface area contributed by atoms with Crippen molar-refractivity contribution < 1.29 is 19.0 Å². The highest BCUT2D eigenvalue weighted by atomic mass is 19.1. The van der Waals surface area contributed by atoms with E-state index in [9.17, 15) is 9.18 Å². The molecule has 0 radical (unpaired) electrons. The highest BCUT2D eigenvalue weighted by Crippen LogP contribution is 2.27. The van der Waals surface area contributed by atoms with E-state index in [0.29, 0.717) is 11.3 Å². The van der Waals surface area contributed by atoms with E-state index >= 15 is 0 Å². The monoisotopic (exact) mass is 312 g/mol. The summed E-state index contributed by atoms with van der Waals surface area (Å²) in [4.78, 5) is 10.6. The second kappa shape index (κ2) is 6.31. The lowest BCUT2D eigenvalue weighted by atomic mass is 10.1. The summed E-state index contributed by atoms with van der Waals surface area (Å²) in [5.74, 6) is -1.29. The summed E-state index contributed by atoms with van der Waals surface area (Å²) in [7, 11) is 0. The van der Waals surface area contributed by atoms with Crippen LogP contribution in [0.25, 0.3) is 16.9 Å². The third-order valence-corrected chi connectivity index (χ3v) is 3.15. The number of hydrogen-bond donors (Lipinski definition) is 1. The molecule has 0 spiro atoms. The quantitative estimate of drug-likeness (QED) is 0.786. The second-order valence-corrected chi connectivity index (χ2v) is 4.81. The van der Waals surface area contributed by atoms with Gasteiger partial charge in [-0.05, 0) is 24.3 Å². The van der Waals surface area contributed by atoms with Gasteiger partial charge in [-0.15, -0.1) is 5.10 Å². The lowest BCUT2D eigenvalue weighted by Gasteiger charge is -2.07. The van der Waals surface area contributed by atoms with Crippen molar-refractivity contribution in [2.24, 2.45) is 0 Å². The van der Waals surface area contributed by atoms with Crippen molar-refractivity contribution in [3.05, 3.63) is 66.5 Å². The van der Waals surface area contributed by atoms with Crippen LogP contribution in [0.4, 0.5) is 4.39 Å². The number of carboxylic acids is 1. The van der Waals surface area contributed by atoms with Gasteiger partial charge in [0.15, 0.2) is 6.61 Å². The van der Waals surface area contributed by atoms with E-state index in [4.69, 9.17) is 9.84 Å². The molecule has 1 N–H and O–H groups in total.